The Morgan fingerprint density at radius 1 is 1.23 bits per heavy atom. The summed E-state index contributed by atoms with van der Waals surface area (Å²) >= 11 is 5.55. The van der Waals surface area contributed by atoms with E-state index in [1.165, 1.54) is 12.0 Å². The van der Waals surface area contributed by atoms with Gasteiger partial charge in [-0.05, 0) is 48.1 Å². The summed E-state index contributed by atoms with van der Waals surface area (Å²) in [6.07, 6.45) is 6.32. The van der Waals surface area contributed by atoms with Crippen LogP contribution in [0.1, 0.15) is 74.3 Å². The second-order valence-corrected chi connectivity index (χ2v) is 9.04. The number of rotatable bonds is 8. The van der Waals surface area contributed by atoms with Crippen LogP contribution in [0.4, 0.5) is 0 Å². The predicted molar refractivity (Wildman–Crippen MR) is 121 cm³/mol. The molecule has 0 bridgehead atoms. The van der Waals surface area contributed by atoms with E-state index in [0.29, 0.717) is 6.04 Å². The van der Waals surface area contributed by atoms with E-state index < -0.39 is 0 Å². The van der Waals surface area contributed by atoms with Crippen LogP contribution >= 0.6 is 12.2 Å². The van der Waals surface area contributed by atoms with Gasteiger partial charge in [0.05, 0.1) is 22.9 Å². The topological polar surface area (TPSA) is 32.7 Å². The molecule has 1 saturated heterocycles. The van der Waals surface area contributed by atoms with E-state index >= 15 is 0 Å². The molecule has 1 unspecified atom stereocenters. The largest absolute Gasteiger partial charge is 0.665 e. The number of likely N-dealkylation sites (tertiary alicyclic amines) is 1. The van der Waals surface area contributed by atoms with E-state index in [1.54, 1.807) is 0 Å². The Bertz CT molecular complexity index is 866. The third kappa shape index (κ3) is 4.67. The zero-order valence-electron chi connectivity index (χ0n) is 17.7. The second-order valence-electron chi connectivity index (χ2n) is 8.57. The Balaban J connectivity index is 0.00000256. The first-order valence-electron chi connectivity index (χ1n) is 10.6. The Labute approximate surface area is 211 Å². The third-order valence-corrected chi connectivity index (χ3v) is 7.20. The summed E-state index contributed by atoms with van der Waals surface area (Å²) in [7, 11) is 3.49. The first-order chi connectivity index (χ1) is 14.1. The van der Waals surface area contributed by atoms with Crippen molar-refractivity contribution < 1.29 is 42.6 Å². The average Bonchev–Trinajstić information content (AvgIpc) is 2.72. The summed E-state index contributed by atoms with van der Waals surface area (Å²) < 4.78 is 5.10. The zero-order chi connectivity index (χ0) is 20.4. The van der Waals surface area contributed by atoms with Gasteiger partial charge in [0, 0.05) is 51.1 Å². The molecule has 2 fully saturated rings. The average molecular weight is 497 g/mol. The molecule has 5 heteroatoms. The fourth-order valence-electron chi connectivity index (χ4n) is 4.92. The van der Waals surface area contributed by atoms with Crippen LogP contribution in [0.5, 0.6) is 5.75 Å². The number of ether oxygens (including phenoxy) is 1. The normalized spacial score (nSPS) is 20.6. The predicted octanol–water partition coefficient (Wildman–Crippen LogP) is 6.13. The molecule has 1 aliphatic carbocycles. The van der Waals surface area contributed by atoms with Crippen molar-refractivity contribution in [2.75, 3.05) is 0 Å². The van der Waals surface area contributed by atoms with Gasteiger partial charge in [-0.25, -0.2) is 0 Å². The van der Waals surface area contributed by atoms with E-state index in [1.807, 2.05) is 18.2 Å². The van der Waals surface area contributed by atoms with Gasteiger partial charge in [0.15, 0.2) is 0 Å². The van der Waals surface area contributed by atoms with Crippen LogP contribution in [0.25, 0.3) is 0 Å². The minimum atomic E-state index is -0.353. The van der Waals surface area contributed by atoms with E-state index in [0.717, 1.165) is 60.5 Å². The summed E-state index contributed by atoms with van der Waals surface area (Å²) in [5.74, 6) is 0.765. The summed E-state index contributed by atoms with van der Waals surface area (Å²) in [4.78, 5) is 3.27. The van der Waals surface area contributed by atoms with Crippen LogP contribution in [0.2, 0.25) is 0 Å². The van der Waals surface area contributed by atoms with Crippen molar-refractivity contribution in [3.8, 4) is 5.75 Å². The SMILES string of the molecule is [CH2-]Oc1cccc(CN2C(=S)C[C@@H]2c2ccc(C(O)C3(CCC)CCC3)cc2)c1.[Y]. The molecule has 2 aliphatic rings. The molecule has 3 nitrogen and oxygen atoms in total. The first-order valence-corrected chi connectivity index (χ1v) is 11.1. The molecule has 1 N–H and O–H groups in total. The number of nitrogens with zero attached hydrogens (tertiary/aromatic N) is 1. The summed E-state index contributed by atoms with van der Waals surface area (Å²) in [5, 5.41) is 11.0. The molecule has 1 heterocycles. The Morgan fingerprint density at radius 2 is 1.97 bits per heavy atom. The van der Waals surface area contributed by atoms with Crippen LogP contribution in [0, 0.1) is 12.5 Å². The van der Waals surface area contributed by atoms with Gasteiger partial charge in [0.2, 0.25) is 0 Å². The number of aliphatic hydroxyl groups excluding tert-OH is 1. The number of aliphatic hydroxyl groups is 1. The van der Waals surface area contributed by atoms with E-state index in [2.05, 4.69) is 49.3 Å². The maximum Gasteiger partial charge on any atom is 0.0846 e. The van der Waals surface area contributed by atoms with Gasteiger partial charge in [-0.3, -0.25) is 0 Å². The van der Waals surface area contributed by atoms with Crippen molar-refractivity contribution in [3.63, 3.8) is 0 Å². The van der Waals surface area contributed by atoms with Crippen molar-refractivity contribution in [3.05, 3.63) is 72.3 Å². The monoisotopic (exact) mass is 497 g/mol. The van der Waals surface area contributed by atoms with Crippen LogP contribution < -0.4 is 4.74 Å². The zero-order valence-corrected chi connectivity index (χ0v) is 21.4. The van der Waals surface area contributed by atoms with Gasteiger partial charge in [-0.1, -0.05) is 68.4 Å². The van der Waals surface area contributed by atoms with Crippen molar-refractivity contribution in [2.45, 2.75) is 64.1 Å². The molecule has 2 aromatic rings. The standard InChI is InChI=1S/C25H30NO2S.Y/c1-3-12-25(13-5-14-25)24(27)20-10-8-19(9-11-20)22-16-23(29)26(22)17-18-6-4-7-21(15-18)28-2;/h4,6-11,15,22,24,27H,2-3,5,12-14,16-17H2,1H3;/q-1;/t22-,24?;/m1./s1. The molecule has 157 valence electrons. The molecule has 2 aromatic carbocycles. The first kappa shape index (κ1) is 23.8. The number of benzene rings is 2. The quantitative estimate of drug-likeness (QED) is 0.351. The maximum atomic E-state index is 11.0. The molecule has 0 amide bonds. The van der Waals surface area contributed by atoms with Crippen molar-refractivity contribution in [2.24, 2.45) is 5.41 Å². The van der Waals surface area contributed by atoms with Crippen molar-refractivity contribution in [1.29, 1.82) is 0 Å². The molecule has 4 rings (SSSR count). The van der Waals surface area contributed by atoms with Crippen molar-refractivity contribution >= 4 is 17.2 Å². The van der Waals surface area contributed by atoms with Gasteiger partial charge in [-0.15, -0.1) is 0 Å². The molecule has 30 heavy (non-hydrogen) atoms. The van der Waals surface area contributed by atoms with Crippen molar-refractivity contribution in [1.82, 2.24) is 4.90 Å². The minimum Gasteiger partial charge on any atom is -0.665 e. The fraction of sp³-hybridized carbons (Fsp3) is 0.440. The minimum absolute atomic E-state index is 0. The number of hydrogen-bond acceptors (Lipinski definition) is 3. The second kappa shape index (κ2) is 10.2. The summed E-state index contributed by atoms with van der Waals surface area (Å²) in [6, 6.07) is 16.9. The van der Waals surface area contributed by atoms with E-state index in [9.17, 15) is 5.11 Å². The van der Waals surface area contributed by atoms with Gasteiger partial charge >= 0.3 is 0 Å². The van der Waals surface area contributed by atoms with Gasteiger partial charge in [0.25, 0.3) is 0 Å². The van der Waals surface area contributed by atoms with Crippen LogP contribution in [0.3, 0.4) is 0 Å². The molecule has 1 aliphatic heterocycles. The molecule has 2 atom stereocenters. The van der Waals surface area contributed by atoms with Gasteiger partial charge < -0.3 is 14.7 Å². The molecule has 0 spiro atoms. The maximum absolute atomic E-state index is 11.0. The van der Waals surface area contributed by atoms with Crippen LogP contribution in [-0.2, 0) is 39.3 Å². The Morgan fingerprint density at radius 3 is 2.53 bits per heavy atom. The van der Waals surface area contributed by atoms with Gasteiger partial charge in [-0.2, -0.15) is 7.11 Å². The number of hydrogen-bond donors (Lipinski definition) is 1. The third-order valence-electron chi connectivity index (χ3n) is 6.80. The molecule has 1 saturated carbocycles. The summed E-state index contributed by atoms with van der Waals surface area (Å²) in [5.41, 5.74) is 3.58. The number of thiocarbonyl (C=S) groups is 1. The smallest absolute Gasteiger partial charge is 0.0846 e. The van der Waals surface area contributed by atoms with E-state index in [-0.39, 0.29) is 44.2 Å². The van der Waals surface area contributed by atoms with Gasteiger partial charge in [0.1, 0.15) is 0 Å². The van der Waals surface area contributed by atoms with E-state index in [4.69, 9.17) is 17.0 Å². The molecule has 1 radical (unpaired) electrons. The molecular formula is C25H30NO2SY-. The molecular weight excluding hydrogens is 467 g/mol. The van der Waals surface area contributed by atoms with Crippen LogP contribution in [0.15, 0.2) is 48.5 Å². The van der Waals surface area contributed by atoms with Crippen LogP contribution in [-0.4, -0.2) is 15.0 Å². The summed E-state index contributed by atoms with van der Waals surface area (Å²) in [6.45, 7) is 2.98. The Hall–Kier alpha value is -0.806. The Kier molecular flexibility index (Phi) is 8.11. The fourth-order valence-corrected chi connectivity index (χ4v) is 5.27. The molecule has 0 aromatic heterocycles.